The van der Waals surface area contributed by atoms with Crippen LogP contribution in [0.5, 0.6) is 5.75 Å². The Hall–Kier alpha value is -2.83. The Kier molecular flexibility index (Phi) is 7.45. The maximum Gasteiger partial charge on any atom is 0.251 e. The van der Waals surface area contributed by atoms with Crippen molar-refractivity contribution < 1.29 is 9.53 Å². The summed E-state index contributed by atoms with van der Waals surface area (Å²) in [4.78, 5) is 17.3. The fourth-order valence-corrected chi connectivity index (χ4v) is 4.11. The van der Waals surface area contributed by atoms with Gasteiger partial charge in [-0.2, -0.15) is 0 Å². The number of aryl methyl sites for hydroxylation is 1. The van der Waals surface area contributed by atoms with Crippen LogP contribution in [0.1, 0.15) is 29.0 Å². The third kappa shape index (κ3) is 5.50. The first-order valence-electron chi connectivity index (χ1n) is 10.5. The summed E-state index contributed by atoms with van der Waals surface area (Å²) < 4.78 is 8.84. The van der Waals surface area contributed by atoms with E-state index in [4.69, 9.17) is 21.3 Å². The van der Waals surface area contributed by atoms with E-state index in [1.54, 1.807) is 12.1 Å². The van der Waals surface area contributed by atoms with E-state index in [0.717, 1.165) is 40.7 Å². The number of rotatable bonds is 9. The lowest BCUT2D eigenvalue weighted by Crippen LogP contribution is -2.24. The molecule has 1 amide bonds. The number of hydrogen-bond donors (Lipinski definition) is 1. The second kappa shape index (κ2) is 10.7. The molecule has 1 aromatic heterocycles. The number of amides is 1. The molecule has 0 saturated carbocycles. The number of carbonyl (C=O) groups is 1. The van der Waals surface area contributed by atoms with Gasteiger partial charge in [0.05, 0.1) is 29.2 Å². The molecule has 0 fully saturated rings. The molecule has 0 aliphatic carbocycles. The first-order valence-corrected chi connectivity index (χ1v) is 11.6. The molecule has 0 aliphatic heterocycles. The number of nitrogens with zero attached hydrogens (tertiary/aromatic N) is 2. The number of hydrogen-bond acceptors (Lipinski definition) is 3. The highest BCUT2D eigenvalue weighted by Gasteiger charge is 2.12. The summed E-state index contributed by atoms with van der Waals surface area (Å²) in [5.41, 5.74) is 2.59. The molecule has 0 radical (unpaired) electrons. The number of nitrogens with one attached hydrogen (secondary N) is 1. The van der Waals surface area contributed by atoms with Crippen LogP contribution in [-0.4, -0.2) is 22.1 Å². The monoisotopic (exact) mass is 511 g/mol. The Balaban J connectivity index is 1.39. The Bertz CT molecular complexity index is 1220. The molecule has 5 nitrogen and oxygen atoms in total. The molecule has 1 N–H and O–H groups in total. The van der Waals surface area contributed by atoms with Crippen molar-refractivity contribution in [3.8, 4) is 5.75 Å². The van der Waals surface area contributed by atoms with Crippen LogP contribution < -0.4 is 10.1 Å². The molecule has 0 atom stereocenters. The summed E-state index contributed by atoms with van der Waals surface area (Å²) in [6.07, 6.45) is 1.79. The molecule has 0 saturated heterocycles. The van der Waals surface area contributed by atoms with Gasteiger partial charge in [-0.05, 0) is 55.3 Å². The topological polar surface area (TPSA) is 56.2 Å². The minimum absolute atomic E-state index is 0.127. The Morgan fingerprint density at radius 3 is 2.69 bits per heavy atom. The summed E-state index contributed by atoms with van der Waals surface area (Å²) in [5, 5.41) is 3.61. The van der Waals surface area contributed by atoms with Crippen LogP contribution in [0.15, 0.2) is 77.3 Å². The number of imidazole rings is 1. The highest BCUT2D eigenvalue weighted by atomic mass is 79.9. The number of para-hydroxylation sites is 3. The first kappa shape index (κ1) is 22.4. The molecule has 1 heterocycles. The van der Waals surface area contributed by atoms with Crippen LogP contribution in [-0.2, 0) is 13.1 Å². The van der Waals surface area contributed by atoms with Gasteiger partial charge in [-0.3, -0.25) is 4.79 Å². The zero-order valence-electron chi connectivity index (χ0n) is 17.4. The molecule has 0 unspecified atom stereocenters. The van der Waals surface area contributed by atoms with E-state index in [0.29, 0.717) is 29.5 Å². The van der Waals surface area contributed by atoms with Gasteiger partial charge in [0.25, 0.3) is 5.91 Å². The van der Waals surface area contributed by atoms with Crippen LogP contribution in [0.3, 0.4) is 0 Å². The number of carbonyl (C=O) groups excluding carboxylic acids is 1. The van der Waals surface area contributed by atoms with E-state index < -0.39 is 0 Å². The van der Waals surface area contributed by atoms with E-state index in [2.05, 4.69) is 31.9 Å². The number of ether oxygens (including phenoxy) is 1. The molecule has 0 aliphatic rings. The zero-order chi connectivity index (χ0) is 22.3. The fraction of sp³-hybridized carbons (Fsp3) is 0.200. The number of unbranched alkanes of at least 4 members (excludes halogenated alkanes) is 1. The Morgan fingerprint density at radius 2 is 1.84 bits per heavy atom. The number of fused-ring (bicyclic) bond motifs is 1. The Labute approximate surface area is 200 Å². The van der Waals surface area contributed by atoms with Crippen molar-refractivity contribution in [3.05, 3.63) is 93.7 Å². The Morgan fingerprint density at radius 1 is 1.03 bits per heavy atom. The molecular formula is C25H23BrClN3O2. The van der Waals surface area contributed by atoms with Gasteiger partial charge in [0.15, 0.2) is 0 Å². The SMILES string of the molecule is O=C(NCc1nc2ccccc2n1CCCCOc1ccccc1Cl)c1cccc(Br)c1. The molecule has 3 aromatic carbocycles. The van der Waals surface area contributed by atoms with Crippen molar-refractivity contribution in [1.82, 2.24) is 14.9 Å². The third-order valence-corrected chi connectivity index (χ3v) is 5.90. The molecule has 32 heavy (non-hydrogen) atoms. The van der Waals surface area contributed by atoms with Crippen LogP contribution >= 0.6 is 27.5 Å². The summed E-state index contributed by atoms with van der Waals surface area (Å²) in [7, 11) is 0. The fourth-order valence-electron chi connectivity index (χ4n) is 3.52. The second-order valence-electron chi connectivity index (χ2n) is 7.35. The second-order valence-corrected chi connectivity index (χ2v) is 8.67. The van der Waals surface area contributed by atoms with Gasteiger partial charge >= 0.3 is 0 Å². The van der Waals surface area contributed by atoms with Crippen molar-refractivity contribution in [2.45, 2.75) is 25.9 Å². The standard InChI is InChI=1S/C25H23BrClN3O2/c26-19-9-7-8-18(16-19)25(31)28-17-24-29-21-11-2-3-12-22(21)30(24)14-5-6-15-32-23-13-4-1-10-20(23)27/h1-4,7-13,16H,5-6,14-15,17H2,(H,28,31). The smallest absolute Gasteiger partial charge is 0.251 e. The van der Waals surface area contributed by atoms with Crippen LogP contribution in [0.4, 0.5) is 0 Å². The molecule has 4 rings (SSSR count). The lowest BCUT2D eigenvalue weighted by molar-refractivity contribution is 0.0949. The van der Waals surface area contributed by atoms with Crippen molar-refractivity contribution in [1.29, 1.82) is 0 Å². The van der Waals surface area contributed by atoms with E-state index in [1.807, 2.05) is 54.6 Å². The van der Waals surface area contributed by atoms with Crippen molar-refractivity contribution >= 4 is 44.5 Å². The van der Waals surface area contributed by atoms with Crippen LogP contribution in [0, 0.1) is 0 Å². The van der Waals surface area contributed by atoms with Gasteiger partial charge in [-0.1, -0.05) is 57.9 Å². The van der Waals surface area contributed by atoms with Crippen molar-refractivity contribution in [2.24, 2.45) is 0 Å². The minimum Gasteiger partial charge on any atom is -0.492 e. The summed E-state index contributed by atoms with van der Waals surface area (Å²) in [5.74, 6) is 1.41. The maximum atomic E-state index is 12.6. The predicted molar refractivity (Wildman–Crippen MR) is 131 cm³/mol. The van der Waals surface area contributed by atoms with Gasteiger partial charge in [-0.25, -0.2) is 4.98 Å². The predicted octanol–water partition coefficient (Wildman–Crippen LogP) is 6.24. The van der Waals surface area contributed by atoms with Crippen molar-refractivity contribution in [2.75, 3.05) is 6.61 Å². The minimum atomic E-state index is -0.127. The molecule has 7 heteroatoms. The van der Waals surface area contributed by atoms with Crippen molar-refractivity contribution in [3.63, 3.8) is 0 Å². The highest BCUT2D eigenvalue weighted by molar-refractivity contribution is 9.10. The van der Waals surface area contributed by atoms with Gasteiger partial charge in [0.2, 0.25) is 0 Å². The lowest BCUT2D eigenvalue weighted by atomic mass is 10.2. The highest BCUT2D eigenvalue weighted by Crippen LogP contribution is 2.23. The quantitative estimate of drug-likeness (QED) is 0.270. The number of halogens is 2. The number of benzene rings is 3. The summed E-state index contributed by atoms with van der Waals surface area (Å²) >= 11 is 9.55. The largest absolute Gasteiger partial charge is 0.492 e. The van der Waals surface area contributed by atoms with E-state index in [-0.39, 0.29) is 5.91 Å². The van der Waals surface area contributed by atoms with Gasteiger partial charge in [-0.15, -0.1) is 0 Å². The van der Waals surface area contributed by atoms with E-state index in [1.165, 1.54) is 0 Å². The van der Waals surface area contributed by atoms with Crippen LogP contribution in [0.2, 0.25) is 5.02 Å². The van der Waals surface area contributed by atoms with E-state index in [9.17, 15) is 4.79 Å². The summed E-state index contributed by atoms with van der Waals surface area (Å²) in [6, 6.07) is 22.9. The average molecular weight is 513 g/mol. The first-order chi connectivity index (χ1) is 15.6. The summed E-state index contributed by atoms with van der Waals surface area (Å²) in [6.45, 7) is 1.73. The molecule has 0 spiro atoms. The van der Waals surface area contributed by atoms with Crippen LogP contribution in [0.25, 0.3) is 11.0 Å². The van der Waals surface area contributed by atoms with E-state index >= 15 is 0 Å². The number of aromatic nitrogens is 2. The third-order valence-electron chi connectivity index (χ3n) is 5.10. The zero-order valence-corrected chi connectivity index (χ0v) is 19.8. The molecule has 164 valence electrons. The average Bonchev–Trinajstić information content (AvgIpc) is 3.16. The molecular weight excluding hydrogens is 490 g/mol. The maximum absolute atomic E-state index is 12.6. The molecule has 4 aromatic rings. The van der Waals surface area contributed by atoms with Gasteiger partial charge in [0, 0.05) is 16.6 Å². The lowest BCUT2D eigenvalue weighted by Gasteiger charge is -2.11. The van der Waals surface area contributed by atoms with Gasteiger partial charge in [0.1, 0.15) is 11.6 Å². The van der Waals surface area contributed by atoms with Gasteiger partial charge < -0.3 is 14.6 Å². The molecule has 0 bridgehead atoms. The normalized spacial score (nSPS) is 10.9.